The van der Waals surface area contributed by atoms with Crippen LogP contribution in [0.15, 0.2) is 65.7 Å². The Morgan fingerprint density at radius 3 is 2.36 bits per heavy atom. The lowest BCUT2D eigenvalue weighted by Gasteiger charge is -2.10. The highest BCUT2D eigenvalue weighted by Crippen LogP contribution is 2.21. The number of hydrogen-bond donors (Lipinski definition) is 1. The normalized spacial score (nSPS) is 11.3. The smallest absolute Gasteiger partial charge is 0.265 e. The van der Waals surface area contributed by atoms with Crippen LogP contribution in [0.25, 0.3) is 0 Å². The van der Waals surface area contributed by atoms with E-state index >= 15 is 0 Å². The van der Waals surface area contributed by atoms with Gasteiger partial charge in [0, 0.05) is 12.7 Å². The van der Waals surface area contributed by atoms with Crippen LogP contribution in [-0.4, -0.2) is 18.2 Å². The highest BCUT2D eigenvalue weighted by atomic mass is 32.2. The number of aryl methyl sites for hydroxylation is 1. The minimum absolute atomic E-state index is 0.166. The van der Waals surface area contributed by atoms with Gasteiger partial charge in [0.15, 0.2) is 0 Å². The fraction of sp³-hybridized carbons (Fsp3) is 0.167. The Bertz CT molecular complexity index is 949. The van der Waals surface area contributed by atoms with Crippen molar-refractivity contribution in [3.8, 4) is 5.75 Å². The molecule has 1 aromatic heterocycles. The van der Waals surface area contributed by atoms with Gasteiger partial charge in [-0.3, -0.25) is 9.40 Å². The van der Waals surface area contributed by atoms with E-state index in [4.69, 9.17) is 4.74 Å². The maximum absolute atomic E-state index is 12.4. The van der Waals surface area contributed by atoms with E-state index in [-0.39, 0.29) is 4.90 Å². The zero-order valence-electron chi connectivity index (χ0n) is 14.0. The average Bonchev–Trinajstić information content (AvgIpc) is 2.95. The number of rotatable bonds is 6. The molecule has 0 aliphatic carbocycles. The van der Waals surface area contributed by atoms with Gasteiger partial charge >= 0.3 is 0 Å². The molecule has 0 bridgehead atoms. The molecule has 2 aromatic carbocycles. The van der Waals surface area contributed by atoms with Crippen molar-refractivity contribution in [2.45, 2.75) is 18.4 Å². The van der Waals surface area contributed by atoms with Gasteiger partial charge in [-0.15, -0.1) is 0 Å². The highest BCUT2D eigenvalue weighted by Gasteiger charge is 2.20. The van der Waals surface area contributed by atoms with Crippen molar-refractivity contribution in [3.63, 3.8) is 0 Å². The van der Waals surface area contributed by atoms with Crippen molar-refractivity contribution in [1.82, 2.24) is 9.78 Å². The van der Waals surface area contributed by atoms with Gasteiger partial charge in [-0.25, -0.2) is 8.42 Å². The standard InChI is InChI=1S/C18H19N3O3S/c1-14-18(12-19-21(14)2)25(22,23)20-16-8-10-17(11-9-16)24-13-15-6-4-3-5-7-15/h3-12,20H,13H2,1-2H3. The number of sulfonamides is 1. The lowest BCUT2D eigenvalue weighted by molar-refractivity contribution is 0.306. The van der Waals surface area contributed by atoms with Crippen LogP contribution in [0.4, 0.5) is 5.69 Å². The third kappa shape index (κ3) is 4.00. The maximum atomic E-state index is 12.4. The molecule has 0 radical (unpaired) electrons. The van der Waals surface area contributed by atoms with E-state index < -0.39 is 10.0 Å². The van der Waals surface area contributed by atoms with Gasteiger partial charge in [-0.05, 0) is 36.8 Å². The SMILES string of the molecule is Cc1c(S(=O)(=O)Nc2ccc(OCc3ccccc3)cc2)cnn1C. The van der Waals surface area contributed by atoms with E-state index in [1.165, 1.54) is 10.9 Å². The lowest BCUT2D eigenvalue weighted by Crippen LogP contribution is -2.13. The second-order valence-corrected chi connectivity index (χ2v) is 7.27. The first-order valence-electron chi connectivity index (χ1n) is 7.74. The molecular formula is C18H19N3O3S. The minimum atomic E-state index is -3.67. The summed E-state index contributed by atoms with van der Waals surface area (Å²) in [5.74, 6) is 0.671. The molecule has 0 fully saturated rings. The van der Waals surface area contributed by atoms with Crippen molar-refractivity contribution in [3.05, 3.63) is 72.1 Å². The van der Waals surface area contributed by atoms with Crippen molar-refractivity contribution < 1.29 is 13.2 Å². The predicted molar refractivity (Wildman–Crippen MR) is 96.0 cm³/mol. The van der Waals surface area contributed by atoms with Crippen molar-refractivity contribution >= 4 is 15.7 Å². The van der Waals surface area contributed by atoms with E-state index in [0.29, 0.717) is 23.7 Å². The molecule has 3 rings (SSSR count). The summed E-state index contributed by atoms with van der Waals surface area (Å²) < 4.78 is 34.6. The third-order valence-corrected chi connectivity index (χ3v) is 5.32. The van der Waals surface area contributed by atoms with Crippen molar-refractivity contribution in [2.75, 3.05) is 4.72 Å². The molecule has 0 saturated carbocycles. The van der Waals surface area contributed by atoms with Crippen LogP contribution in [0, 0.1) is 6.92 Å². The summed E-state index contributed by atoms with van der Waals surface area (Å²) in [6.07, 6.45) is 1.34. The molecule has 1 heterocycles. The number of benzene rings is 2. The Morgan fingerprint density at radius 2 is 1.76 bits per heavy atom. The molecule has 0 atom stereocenters. The van der Waals surface area contributed by atoms with Gasteiger partial charge in [0.25, 0.3) is 10.0 Å². The van der Waals surface area contributed by atoms with Gasteiger partial charge in [-0.1, -0.05) is 30.3 Å². The number of aromatic nitrogens is 2. The first kappa shape index (κ1) is 17.0. The highest BCUT2D eigenvalue weighted by molar-refractivity contribution is 7.92. The fourth-order valence-corrected chi connectivity index (χ4v) is 3.58. The van der Waals surface area contributed by atoms with Gasteiger partial charge in [0.2, 0.25) is 0 Å². The second kappa shape index (κ2) is 6.98. The molecule has 25 heavy (non-hydrogen) atoms. The zero-order valence-corrected chi connectivity index (χ0v) is 14.8. The van der Waals surface area contributed by atoms with Crippen LogP contribution >= 0.6 is 0 Å². The van der Waals surface area contributed by atoms with Crippen molar-refractivity contribution in [2.24, 2.45) is 7.05 Å². The summed E-state index contributed by atoms with van der Waals surface area (Å²) in [4.78, 5) is 0.166. The van der Waals surface area contributed by atoms with E-state index in [2.05, 4.69) is 9.82 Å². The number of hydrogen-bond acceptors (Lipinski definition) is 4. The molecule has 6 nitrogen and oxygen atoms in total. The van der Waals surface area contributed by atoms with Crippen LogP contribution in [0.5, 0.6) is 5.75 Å². The molecule has 0 aliphatic heterocycles. The number of ether oxygens (including phenoxy) is 1. The first-order valence-corrected chi connectivity index (χ1v) is 9.22. The Kier molecular flexibility index (Phi) is 4.76. The van der Waals surface area contributed by atoms with Gasteiger partial charge in [-0.2, -0.15) is 5.10 Å². The van der Waals surface area contributed by atoms with E-state index in [9.17, 15) is 8.42 Å². The molecule has 130 valence electrons. The first-order chi connectivity index (χ1) is 12.0. The van der Waals surface area contributed by atoms with Crippen LogP contribution in [0.2, 0.25) is 0 Å². The van der Waals surface area contributed by atoms with Crippen LogP contribution in [0.1, 0.15) is 11.3 Å². The summed E-state index contributed by atoms with van der Waals surface area (Å²) in [7, 11) is -1.96. The largest absolute Gasteiger partial charge is 0.489 e. The molecule has 0 amide bonds. The summed E-state index contributed by atoms with van der Waals surface area (Å²) >= 11 is 0. The number of nitrogens with one attached hydrogen (secondary N) is 1. The lowest BCUT2D eigenvalue weighted by atomic mass is 10.2. The molecule has 0 unspecified atom stereocenters. The molecule has 0 saturated heterocycles. The number of nitrogens with zero attached hydrogens (tertiary/aromatic N) is 2. The molecule has 0 spiro atoms. The minimum Gasteiger partial charge on any atom is -0.489 e. The second-order valence-electron chi connectivity index (χ2n) is 5.62. The topological polar surface area (TPSA) is 73.2 Å². The predicted octanol–water partition coefficient (Wildman–Crippen LogP) is 3.11. The molecule has 3 aromatic rings. The van der Waals surface area contributed by atoms with Gasteiger partial charge < -0.3 is 4.74 Å². The van der Waals surface area contributed by atoms with E-state index in [1.54, 1.807) is 38.2 Å². The molecule has 0 aliphatic rings. The third-order valence-electron chi connectivity index (χ3n) is 3.83. The quantitative estimate of drug-likeness (QED) is 0.736. The van der Waals surface area contributed by atoms with E-state index in [1.807, 2.05) is 30.3 Å². The average molecular weight is 357 g/mol. The summed E-state index contributed by atoms with van der Waals surface area (Å²) in [5.41, 5.74) is 2.12. The Morgan fingerprint density at radius 1 is 1.08 bits per heavy atom. The van der Waals surface area contributed by atoms with Gasteiger partial charge in [0.05, 0.1) is 11.9 Å². The van der Waals surface area contributed by atoms with Crippen LogP contribution < -0.4 is 9.46 Å². The maximum Gasteiger partial charge on any atom is 0.265 e. The molecule has 7 heteroatoms. The summed E-state index contributed by atoms with van der Waals surface area (Å²) in [6.45, 7) is 2.17. The summed E-state index contributed by atoms with van der Waals surface area (Å²) in [6, 6.07) is 16.6. The van der Waals surface area contributed by atoms with Crippen molar-refractivity contribution in [1.29, 1.82) is 0 Å². The number of anilines is 1. The molecule has 1 N–H and O–H groups in total. The zero-order chi connectivity index (χ0) is 17.9. The fourth-order valence-electron chi connectivity index (χ4n) is 2.31. The Balaban J connectivity index is 1.67. The Labute approximate surface area is 147 Å². The van der Waals surface area contributed by atoms with Gasteiger partial charge in [0.1, 0.15) is 17.3 Å². The van der Waals surface area contributed by atoms with Crippen LogP contribution in [-0.2, 0) is 23.7 Å². The monoisotopic (exact) mass is 357 g/mol. The molecular weight excluding hydrogens is 338 g/mol. The van der Waals surface area contributed by atoms with E-state index in [0.717, 1.165) is 5.56 Å². The Hall–Kier alpha value is -2.80. The summed E-state index contributed by atoms with van der Waals surface area (Å²) in [5, 5.41) is 3.97. The van der Waals surface area contributed by atoms with Crippen LogP contribution in [0.3, 0.4) is 0 Å².